The summed E-state index contributed by atoms with van der Waals surface area (Å²) in [5.41, 5.74) is 0.339. The van der Waals surface area contributed by atoms with Gasteiger partial charge in [0.2, 0.25) is 0 Å². The van der Waals surface area contributed by atoms with Crippen LogP contribution in [0.1, 0.15) is 29.8 Å². The molecule has 6 heteroatoms. The molecule has 0 fully saturated rings. The van der Waals surface area contributed by atoms with Gasteiger partial charge in [-0.05, 0) is 31.4 Å². The minimum Gasteiger partial charge on any atom is -0.385 e. The predicted molar refractivity (Wildman–Crippen MR) is 69.6 cm³/mol. The summed E-state index contributed by atoms with van der Waals surface area (Å²) < 4.78 is 4.95. The zero-order chi connectivity index (χ0) is 13.2. The number of amides is 1. The summed E-state index contributed by atoms with van der Waals surface area (Å²) in [6.07, 6.45) is 3.00. The molecule has 0 radical (unpaired) electrons. The second-order valence-corrected chi connectivity index (χ2v) is 3.86. The molecular formula is C12H20N4O2. The molecular weight excluding hydrogens is 232 g/mol. The van der Waals surface area contributed by atoms with E-state index in [1.807, 2.05) is 0 Å². The molecule has 100 valence electrons. The van der Waals surface area contributed by atoms with E-state index in [2.05, 4.69) is 20.8 Å². The second-order valence-electron chi connectivity index (χ2n) is 3.86. The van der Waals surface area contributed by atoms with Crippen LogP contribution >= 0.6 is 0 Å². The highest BCUT2D eigenvalue weighted by molar-refractivity contribution is 5.92. The number of unbranched alkanes of at least 4 members (excludes halogenated alkanes) is 2. The van der Waals surface area contributed by atoms with E-state index in [1.165, 1.54) is 0 Å². The van der Waals surface area contributed by atoms with Crippen molar-refractivity contribution >= 4 is 11.7 Å². The van der Waals surface area contributed by atoms with Gasteiger partial charge in [0.05, 0.1) is 0 Å². The van der Waals surface area contributed by atoms with Gasteiger partial charge in [-0.15, -0.1) is 10.2 Å². The van der Waals surface area contributed by atoms with Gasteiger partial charge in [0.25, 0.3) is 5.91 Å². The molecule has 18 heavy (non-hydrogen) atoms. The molecule has 0 bridgehead atoms. The molecule has 0 saturated heterocycles. The van der Waals surface area contributed by atoms with Crippen LogP contribution in [0.15, 0.2) is 12.1 Å². The summed E-state index contributed by atoms with van der Waals surface area (Å²) in [6, 6.07) is 3.37. The fourth-order valence-electron chi connectivity index (χ4n) is 1.43. The van der Waals surface area contributed by atoms with Crippen LogP contribution in [0.4, 0.5) is 5.82 Å². The number of rotatable bonds is 8. The van der Waals surface area contributed by atoms with Gasteiger partial charge in [-0.25, -0.2) is 0 Å². The van der Waals surface area contributed by atoms with E-state index in [0.717, 1.165) is 25.9 Å². The third-order valence-corrected chi connectivity index (χ3v) is 2.46. The maximum Gasteiger partial charge on any atom is 0.271 e. The first-order chi connectivity index (χ1) is 8.77. The van der Waals surface area contributed by atoms with Crippen molar-refractivity contribution in [2.45, 2.75) is 19.3 Å². The van der Waals surface area contributed by atoms with E-state index in [4.69, 9.17) is 4.74 Å². The summed E-state index contributed by atoms with van der Waals surface area (Å²) in [4.78, 5) is 11.7. The van der Waals surface area contributed by atoms with E-state index >= 15 is 0 Å². The van der Waals surface area contributed by atoms with E-state index < -0.39 is 0 Å². The molecule has 0 aliphatic carbocycles. The summed E-state index contributed by atoms with van der Waals surface area (Å²) in [5, 5.41) is 13.3. The Labute approximate surface area is 107 Å². The number of nitrogens with one attached hydrogen (secondary N) is 2. The number of aromatic nitrogens is 2. The Bertz CT molecular complexity index is 354. The molecule has 1 heterocycles. The Morgan fingerprint density at radius 2 is 2.11 bits per heavy atom. The van der Waals surface area contributed by atoms with Gasteiger partial charge in [0.15, 0.2) is 5.69 Å². The zero-order valence-corrected chi connectivity index (χ0v) is 10.9. The summed E-state index contributed by atoms with van der Waals surface area (Å²) >= 11 is 0. The Morgan fingerprint density at radius 1 is 1.28 bits per heavy atom. The van der Waals surface area contributed by atoms with E-state index in [1.54, 1.807) is 26.3 Å². The van der Waals surface area contributed by atoms with E-state index in [9.17, 15) is 4.79 Å². The largest absolute Gasteiger partial charge is 0.385 e. The number of nitrogens with zero attached hydrogens (tertiary/aromatic N) is 2. The molecule has 0 spiro atoms. The number of carbonyl (C=O) groups is 1. The first kappa shape index (κ1) is 14.4. The molecule has 0 atom stereocenters. The van der Waals surface area contributed by atoms with Crippen molar-refractivity contribution < 1.29 is 9.53 Å². The highest BCUT2D eigenvalue weighted by Gasteiger charge is 2.06. The van der Waals surface area contributed by atoms with Crippen molar-refractivity contribution in [3.8, 4) is 0 Å². The standard InChI is InChI=1S/C12H20N4O2/c1-13-11-7-6-10(15-16-11)12(17)14-8-4-3-5-9-18-2/h6-7H,3-5,8-9H2,1-2H3,(H,13,16)(H,14,17). The third kappa shape index (κ3) is 5.09. The summed E-state index contributed by atoms with van der Waals surface area (Å²) in [6.45, 7) is 1.42. The highest BCUT2D eigenvalue weighted by atomic mass is 16.5. The molecule has 1 rings (SSSR count). The van der Waals surface area contributed by atoms with Crippen LogP contribution in [-0.4, -0.2) is 43.4 Å². The lowest BCUT2D eigenvalue weighted by Gasteiger charge is -2.04. The monoisotopic (exact) mass is 252 g/mol. The summed E-state index contributed by atoms with van der Waals surface area (Å²) in [5.74, 6) is 0.461. The number of anilines is 1. The number of carbonyl (C=O) groups excluding carboxylic acids is 1. The topological polar surface area (TPSA) is 76.1 Å². The molecule has 1 amide bonds. The quantitative estimate of drug-likeness (QED) is 0.677. The zero-order valence-electron chi connectivity index (χ0n) is 10.9. The average molecular weight is 252 g/mol. The Morgan fingerprint density at radius 3 is 2.72 bits per heavy atom. The van der Waals surface area contributed by atoms with Crippen molar-refractivity contribution in [1.29, 1.82) is 0 Å². The Balaban J connectivity index is 2.23. The van der Waals surface area contributed by atoms with Gasteiger partial charge >= 0.3 is 0 Å². The number of hydrogen-bond donors (Lipinski definition) is 2. The van der Waals surface area contributed by atoms with Gasteiger partial charge in [-0.2, -0.15) is 0 Å². The second kappa shape index (κ2) is 8.41. The Kier molecular flexibility index (Phi) is 6.71. The minimum absolute atomic E-state index is 0.183. The lowest BCUT2D eigenvalue weighted by Crippen LogP contribution is -2.25. The van der Waals surface area contributed by atoms with Gasteiger partial charge in [-0.1, -0.05) is 0 Å². The lowest BCUT2D eigenvalue weighted by atomic mass is 10.2. The van der Waals surface area contributed by atoms with Crippen molar-refractivity contribution in [2.75, 3.05) is 32.6 Å². The molecule has 0 unspecified atom stereocenters. The van der Waals surface area contributed by atoms with Gasteiger partial charge < -0.3 is 15.4 Å². The fraction of sp³-hybridized carbons (Fsp3) is 0.583. The molecule has 2 N–H and O–H groups in total. The van der Waals surface area contributed by atoms with Crippen LogP contribution in [0, 0.1) is 0 Å². The van der Waals surface area contributed by atoms with Gasteiger partial charge in [0.1, 0.15) is 5.82 Å². The number of methoxy groups -OCH3 is 1. The minimum atomic E-state index is -0.183. The third-order valence-electron chi connectivity index (χ3n) is 2.46. The normalized spacial score (nSPS) is 10.1. The highest BCUT2D eigenvalue weighted by Crippen LogP contribution is 2.00. The van der Waals surface area contributed by atoms with Gasteiger partial charge in [0, 0.05) is 27.3 Å². The van der Waals surface area contributed by atoms with Crippen molar-refractivity contribution in [3.63, 3.8) is 0 Å². The average Bonchev–Trinajstić information content (AvgIpc) is 2.42. The van der Waals surface area contributed by atoms with Crippen LogP contribution in [0.5, 0.6) is 0 Å². The molecule has 0 saturated carbocycles. The molecule has 0 aliphatic rings. The SMILES string of the molecule is CNc1ccc(C(=O)NCCCCCOC)nn1. The van der Waals surface area contributed by atoms with Crippen LogP contribution in [0.2, 0.25) is 0 Å². The lowest BCUT2D eigenvalue weighted by molar-refractivity contribution is 0.0946. The molecule has 1 aromatic rings. The maximum atomic E-state index is 11.7. The first-order valence-corrected chi connectivity index (χ1v) is 6.06. The van der Waals surface area contributed by atoms with Crippen LogP contribution in [0.25, 0.3) is 0 Å². The maximum absolute atomic E-state index is 11.7. The molecule has 0 aliphatic heterocycles. The van der Waals surface area contributed by atoms with Crippen LogP contribution in [-0.2, 0) is 4.74 Å². The van der Waals surface area contributed by atoms with Crippen LogP contribution < -0.4 is 10.6 Å². The molecule has 1 aromatic heterocycles. The van der Waals surface area contributed by atoms with Gasteiger partial charge in [-0.3, -0.25) is 4.79 Å². The van der Waals surface area contributed by atoms with Crippen molar-refractivity contribution in [3.05, 3.63) is 17.8 Å². The van der Waals surface area contributed by atoms with Crippen LogP contribution in [0.3, 0.4) is 0 Å². The molecule has 6 nitrogen and oxygen atoms in total. The predicted octanol–water partition coefficient (Wildman–Crippen LogP) is 1.06. The number of hydrogen-bond acceptors (Lipinski definition) is 5. The fourth-order valence-corrected chi connectivity index (χ4v) is 1.43. The van der Waals surface area contributed by atoms with E-state index in [0.29, 0.717) is 18.1 Å². The number of ether oxygens (including phenoxy) is 1. The van der Waals surface area contributed by atoms with Crippen molar-refractivity contribution in [2.24, 2.45) is 0 Å². The smallest absolute Gasteiger partial charge is 0.271 e. The van der Waals surface area contributed by atoms with E-state index in [-0.39, 0.29) is 5.91 Å². The van der Waals surface area contributed by atoms with Crippen molar-refractivity contribution in [1.82, 2.24) is 15.5 Å². The first-order valence-electron chi connectivity index (χ1n) is 6.06. The summed E-state index contributed by atoms with van der Waals surface area (Å²) in [7, 11) is 3.44. The molecule has 0 aromatic carbocycles. The Hall–Kier alpha value is -1.69.